The molecule has 1 fully saturated rings. The van der Waals surface area contributed by atoms with Gasteiger partial charge in [0.2, 0.25) is 0 Å². The van der Waals surface area contributed by atoms with Crippen LogP contribution in [-0.4, -0.2) is 30.1 Å². The van der Waals surface area contributed by atoms with Crippen LogP contribution in [0.1, 0.15) is 44.1 Å². The van der Waals surface area contributed by atoms with Crippen LogP contribution in [-0.2, 0) is 19.1 Å². The predicted octanol–water partition coefficient (Wildman–Crippen LogP) is 3.45. The molecule has 6 nitrogen and oxygen atoms in total. The van der Waals surface area contributed by atoms with Gasteiger partial charge in [0.15, 0.2) is 0 Å². The number of esters is 1. The molecule has 1 atom stereocenters. The molecule has 1 aromatic carbocycles. The average molecular weight is 368 g/mol. The molecule has 0 heterocycles. The zero-order valence-electron chi connectivity index (χ0n) is 14.3. The molecule has 25 heavy (non-hydrogen) atoms. The predicted molar refractivity (Wildman–Crippen MR) is 93.6 cm³/mol. The number of rotatable bonds is 4. The van der Waals surface area contributed by atoms with Crippen molar-refractivity contribution in [1.82, 2.24) is 0 Å². The number of amides is 1. The molecule has 1 aromatic rings. The Balaban J connectivity index is 2.01. The third-order valence-electron chi connectivity index (χ3n) is 4.94. The Labute approximate surface area is 151 Å². The number of carboxylic acids is 1. The maximum Gasteiger partial charge on any atom is 0.396 e. The first-order valence-electron chi connectivity index (χ1n) is 8.25. The monoisotopic (exact) mass is 367 g/mol. The zero-order chi connectivity index (χ0) is 18.6. The van der Waals surface area contributed by atoms with Crippen LogP contribution < -0.4 is 5.32 Å². The number of anilines is 1. The average Bonchev–Trinajstić information content (AvgIpc) is 2.60. The van der Waals surface area contributed by atoms with Gasteiger partial charge in [-0.05, 0) is 55.2 Å². The summed E-state index contributed by atoms with van der Waals surface area (Å²) >= 11 is 6.35. The topological polar surface area (TPSA) is 92.7 Å². The van der Waals surface area contributed by atoms with Crippen molar-refractivity contribution in [3.8, 4) is 0 Å². The second-order valence-corrected chi connectivity index (χ2v) is 6.83. The summed E-state index contributed by atoms with van der Waals surface area (Å²) in [5, 5.41) is 12.1. The molecule has 2 rings (SSSR count). The highest BCUT2D eigenvalue weighted by Crippen LogP contribution is 2.41. The summed E-state index contributed by atoms with van der Waals surface area (Å²) in [6.07, 6.45) is 3.48. The number of carbonyl (C=O) groups is 3. The van der Waals surface area contributed by atoms with Crippen LogP contribution in [0, 0.1) is 11.8 Å². The van der Waals surface area contributed by atoms with Crippen LogP contribution in [0.4, 0.5) is 5.69 Å². The SMILES string of the molecule is COC(=O)C(=O)Nc1ccc(C2CCC(C(C)C(=O)O)CC2)c(Cl)c1. The molecule has 1 aliphatic rings. The van der Waals surface area contributed by atoms with E-state index in [1.807, 2.05) is 6.07 Å². The lowest BCUT2D eigenvalue weighted by Crippen LogP contribution is -2.25. The molecule has 7 heteroatoms. The van der Waals surface area contributed by atoms with Crippen molar-refractivity contribution in [2.75, 3.05) is 12.4 Å². The standard InChI is InChI=1S/C18H22ClNO5/c1-10(17(22)23)11-3-5-12(6-4-11)14-8-7-13(9-15(14)19)20-16(21)18(24)25-2/h7-12H,3-6H2,1-2H3,(H,20,21)(H,22,23). The van der Waals surface area contributed by atoms with Gasteiger partial charge in [0.25, 0.3) is 0 Å². The molecule has 136 valence electrons. The fraction of sp³-hybridized carbons (Fsp3) is 0.500. The number of carboxylic acid groups (broad SMARTS) is 1. The lowest BCUT2D eigenvalue weighted by atomic mass is 9.74. The number of benzene rings is 1. The smallest absolute Gasteiger partial charge is 0.396 e. The molecule has 0 radical (unpaired) electrons. The molecule has 0 aromatic heterocycles. The number of hydrogen-bond acceptors (Lipinski definition) is 4. The molecule has 1 unspecified atom stereocenters. The van der Waals surface area contributed by atoms with Gasteiger partial charge in [0.1, 0.15) is 0 Å². The van der Waals surface area contributed by atoms with Crippen LogP contribution >= 0.6 is 11.6 Å². The van der Waals surface area contributed by atoms with Gasteiger partial charge in [-0.2, -0.15) is 0 Å². The third-order valence-corrected chi connectivity index (χ3v) is 5.26. The first-order chi connectivity index (χ1) is 11.8. The van der Waals surface area contributed by atoms with Crippen LogP contribution in [0.25, 0.3) is 0 Å². The molecule has 1 aliphatic carbocycles. The van der Waals surface area contributed by atoms with Crippen molar-refractivity contribution >= 4 is 35.1 Å². The maximum absolute atomic E-state index is 11.5. The van der Waals surface area contributed by atoms with E-state index in [1.54, 1.807) is 19.1 Å². The minimum absolute atomic E-state index is 0.200. The summed E-state index contributed by atoms with van der Waals surface area (Å²) in [5.41, 5.74) is 1.41. The highest BCUT2D eigenvalue weighted by atomic mass is 35.5. The van der Waals surface area contributed by atoms with Crippen LogP contribution in [0.2, 0.25) is 5.02 Å². The summed E-state index contributed by atoms with van der Waals surface area (Å²) in [6.45, 7) is 1.76. The zero-order valence-corrected chi connectivity index (χ0v) is 15.0. The van der Waals surface area contributed by atoms with E-state index < -0.39 is 17.8 Å². The van der Waals surface area contributed by atoms with Crippen LogP contribution in [0.15, 0.2) is 18.2 Å². The van der Waals surface area contributed by atoms with Crippen molar-refractivity contribution in [3.05, 3.63) is 28.8 Å². The first-order valence-corrected chi connectivity index (χ1v) is 8.62. The second kappa shape index (κ2) is 8.34. The summed E-state index contributed by atoms with van der Waals surface area (Å²) in [4.78, 5) is 33.8. The van der Waals surface area contributed by atoms with Crippen molar-refractivity contribution < 1.29 is 24.2 Å². The van der Waals surface area contributed by atoms with E-state index in [2.05, 4.69) is 10.1 Å². The minimum Gasteiger partial charge on any atom is -0.481 e. The Morgan fingerprint density at radius 2 is 1.88 bits per heavy atom. The van der Waals surface area contributed by atoms with Crippen molar-refractivity contribution in [1.29, 1.82) is 0 Å². The van der Waals surface area contributed by atoms with Gasteiger partial charge < -0.3 is 15.2 Å². The fourth-order valence-electron chi connectivity index (χ4n) is 3.34. The highest BCUT2D eigenvalue weighted by molar-refractivity contribution is 6.37. The molecule has 0 bridgehead atoms. The van der Waals surface area contributed by atoms with Gasteiger partial charge >= 0.3 is 17.8 Å². The van der Waals surface area contributed by atoms with E-state index in [0.717, 1.165) is 38.4 Å². The van der Waals surface area contributed by atoms with Crippen molar-refractivity contribution in [2.24, 2.45) is 11.8 Å². The van der Waals surface area contributed by atoms with Crippen molar-refractivity contribution in [3.63, 3.8) is 0 Å². The van der Waals surface area contributed by atoms with Gasteiger partial charge in [0, 0.05) is 10.7 Å². The van der Waals surface area contributed by atoms with Gasteiger partial charge in [-0.3, -0.25) is 9.59 Å². The number of carbonyl (C=O) groups excluding carboxylic acids is 2. The molecule has 0 saturated heterocycles. The Hall–Kier alpha value is -2.08. The molecular weight excluding hydrogens is 346 g/mol. The lowest BCUT2D eigenvalue weighted by Gasteiger charge is -2.31. The minimum atomic E-state index is -0.967. The van der Waals surface area contributed by atoms with E-state index in [0.29, 0.717) is 10.7 Å². The number of aliphatic carboxylic acids is 1. The maximum atomic E-state index is 11.5. The Kier molecular flexibility index (Phi) is 6.42. The lowest BCUT2D eigenvalue weighted by molar-refractivity contribution is -0.150. The number of methoxy groups -OCH3 is 1. The summed E-state index contributed by atoms with van der Waals surface area (Å²) < 4.78 is 4.35. The van der Waals surface area contributed by atoms with E-state index in [4.69, 9.17) is 16.7 Å². The fourth-order valence-corrected chi connectivity index (χ4v) is 3.68. The largest absolute Gasteiger partial charge is 0.481 e. The molecule has 0 aliphatic heterocycles. The second-order valence-electron chi connectivity index (χ2n) is 6.42. The van der Waals surface area contributed by atoms with Gasteiger partial charge in [0.05, 0.1) is 13.0 Å². The Morgan fingerprint density at radius 1 is 1.24 bits per heavy atom. The van der Waals surface area contributed by atoms with Crippen LogP contribution in [0.3, 0.4) is 0 Å². The highest BCUT2D eigenvalue weighted by Gasteiger charge is 2.30. The third kappa shape index (κ3) is 4.72. The normalized spacial score (nSPS) is 21.2. The molecule has 2 N–H and O–H groups in total. The van der Waals surface area contributed by atoms with Crippen molar-refractivity contribution in [2.45, 2.75) is 38.5 Å². The van der Waals surface area contributed by atoms with Gasteiger partial charge in [-0.1, -0.05) is 24.6 Å². The van der Waals surface area contributed by atoms with Gasteiger partial charge in [-0.25, -0.2) is 4.79 Å². The first kappa shape index (κ1) is 19.2. The van der Waals surface area contributed by atoms with E-state index in [1.165, 1.54) is 0 Å². The quantitative estimate of drug-likeness (QED) is 0.628. The summed E-state index contributed by atoms with van der Waals surface area (Å²) in [5.74, 6) is -2.42. The number of ether oxygens (including phenoxy) is 1. The number of halogens is 1. The van der Waals surface area contributed by atoms with Crippen LogP contribution in [0.5, 0.6) is 0 Å². The Morgan fingerprint density at radius 3 is 2.40 bits per heavy atom. The molecular formula is C18H22ClNO5. The molecule has 0 spiro atoms. The van der Waals surface area contributed by atoms with E-state index in [-0.39, 0.29) is 17.8 Å². The summed E-state index contributed by atoms with van der Waals surface area (Å²) in [7, 11) is 1.14. The van der Waals surface area contributed by atoms with Gasteiger partial charge in [-0.15, -0.1) is 0 Å². The Bertz CT molecular complexity index is 667. The number of nitrogens with one attached hydrogen (secondary N) is 1. The number of hydrogen-bond donors (Lipinski definition) is 2. The van der Waals surface area contributed by atoms with E-state index >= 15 is 0 Å². The summed E-state index contributed by atoms with van der Waals surface area (Å²) in [6, 6.07) is 5.17. The molecule has 1 amide bonds. The molecule has 1 saturated carbocycles. The van der Waals surface area contributed by atoms with E-state index in [9.17, 15) is 14.4 Å².